The highest BCUT2D eigenvalue weighted by Crippen LogP contribution is 2.33. The molecule has 1 fully saturated rings. The van der Waals surface area contributed by atoms with Crippen molar-refractivity contribution in [3.63, 3.8) is 0 Å². The number of hydrogen-bond acceptors (Lipinski definition) is 5. The van der Waals surface area contributed by atoms with Crippen LogP contribution in [0.1, 0.15) is 38.6 Å². The van der Waals surface area contributed by atoms with E-state index in [4.69, 9.17) is 5.73 Å². The zero-order valence-electron chi connectivity index (χ0n) is 14.7. The SMILES string of the molecule is CC(C)(C)c1nc2ccc(S(=O)(=O)N3CCC(CC(N)=O)C3)cc2s1. The molecule has 0 bridgehead atoms. The summed E-state index contributed by atoms with van der Waals surface area (Å²) in [5.41, 5.74) is 5.98. The number of nitrogens with zero attached hydrogens (tertiary/aromatic N) is 2. The molecule has 0 saturated carbocycles. The van der Waals surface area contributed by atoms with Gasteiger partial charge in [0.05, 0.1) is 20.1 Å². The lowest BCUT2D eigenvalue weighted by Crippen LogP contribution is -2.29. The largest absolute Gasteiger partial charge is 0.370 e. The van der Waals surface area contributed by atoms with E-state index in [0.717, 1.165) is 15.2 Å². The highest BCUT2D eigenvalue weighted by Gasteiger charge is 2.33. The smallest absolute Gasteiger partial charge is 0.243 e. The number of thiazole rings is 1. The molecule has 25 heavy (non-hydrogen) atoms. The van der Waals surface area contributed by atoms with E-state index < -0.39 is 10.0 Å². The van der Waals surface area contributed by atoms with Crippen molar-refractivity contribution in [3.05, 3.63) is 23.2 Å². The summed E-state index contributed by atoms with van der Waals surface area (Å²) in [4.78, 5) is 15.9. The number of carbonyl (C=O) groups excluding carboxylic acids is 1. The van der Waals surface area contributed by atoms with Gasteiger partial charge in [-0.15, -0.1) is 11.3 Å². The van der Waals surface area contributed by atoms with Gasteiger partial charge in [0.1, 0.15) is 0 Å². The molecule has 1 aromatic carbocycles. The lowest BCUT2D eigenvalue weighted by Gasteiger charge is -2.16. The van der Waals surface area contributed by atoms with Gasteiger partial charge in [-0.05, 0) is 30.5 Å². The second-order valence-electron chi connectivity index (χ2n) is 7.59. The highest BCUT2D eigenvalue weighted by atomic mass is 32.2. The third kappa shape index (κ3) is 3.70. The Balaban J connectivity index is 1.89. The first-order chi connectivity index (χ1) is 11.6. The summed E-state index contributed by atoms with van der Waals surface area (Å²) < 4.78 is 28.1. The van der Waals surface area contributed by atoms with E-state index in [1.165, 1.54) is 15.6 Å². The fourth-order valence-electron chi connectivity index (χ4n) is 3.00. The molecule has 136 valence electrons. The van der Waals surface area contributed by atoms with Crippen molar-refractivity contribution in [1.82, 2.24) is 9.29 Å². The van der Waals surface area contributed by atoms with Crippen LogP contribution in [0.4, 0.5) is 0 Å². The quantitative estimate of drug-likeness (QED) is 0.880. The van der Waals surface area contributed by atoms with Gasteiger partial charge < -0.3 is 5.73 Å². The number of fused-ring (bicyclic) bond motifs is 1. The van der Waals surface area contributed by atoms with E-state index in [0.29, 0.717) is 19.5 Å². The van der Waals surface area contributed by atoms with Crippen LogP contribution in [-0.2, 0) is 20.2 Å². The summed E-state index contributed by atoms with van der Waals surface area (Å²) in [6.07, 6.45) is 0.897. The molecule has 1 aromatic heterocycles. The van der Waals surface area contributed by atoms with Crippen molar-refractivity contribution in [2.45, 2.75) is 43.9 Å². The molecule has 1 atom stereocenters. The van der Waals surface area contributed by atoms with Gasteiger partial charge >= 0.3 is 0 Å². The first-order valence-corrected chi connectivity index (χ1v) is 10.5. The number of benzene rings is 1. The number of carbonyl (C=O) groups is 1. The predicted octanol–water partition coefficient (Wildman–Crippen LogP) is 2.48. The summed E-state index contributed by atoms with van der Waals surface area (Å²) in [7, 11) is -3.56. The summed E-state index contributed by atoms with van der Waals surface area (Å²) >= 11 is 1.53. The molecular formula is C17H23N3O3S2. The van der Waals surface area contributed by atoms with E-state index >= 15 is 0 Å². The van der Waals surface area contributed by atoms with Crippen molar-refractivity contribution >= 4 is 37.5 Å². The van der Waals surface area contributed by atoms with E-state index in [1.54, 1.807) is 18.2 Å². The molecule has 0 spiro atoms. The van der Waals surface area contributed by atoms with Gasteiger partial charge in [-0.2, -0.15) is 4.31 Å². The van der Waals surface area contributed by atoms with Crippen molar-refractivity contribution in [2.75, 3.05) is 13.1 Å². The fourth-order valence-corrected chi connectivity index (χ4v) is 5.70. The van der Waals surface area contributed by atoms with Gasteiger partial charge in [-0.25, -0.2) is 13.4 Å². The minimum atomic E-state index is -3.56. The van der Waals surface area contributed by atoms with Crippen LogP contribution in [0.5, 0.6) is 0 Å². The Morgan fingerprint density at radius 1 is 1.40 bits per heavy atom. The van der Waals surface area contributed by atoms with Crippen LogP contribution in [-0.4, -0.2) is 36.7 Å². The summed E-state index contributed by atoms with van der Waals surface area (Å²) in [6.45, 7) is 7.04. The maximum absolute atomic E-state index is 12.9. The average molecular weight is 382 g/mol. The molecule has 1 aliphatic rings. The Bertz CT molecular complexity index is 913. The minimum absolute atomic E-state index is 0.00639. The third-order valence-corrected chi connectivity index (χ3v) is 7.68. The number of sulfonamides is 1. The molecule has 0 radical (unpaired) electrons. The fraction of sp³-hybridized carbons (Fsp3) is 0.529. The predicted molar refractivity (Wildman–Crippen MR) is 99.0 cm³/mol. The van der Waals surface area contributed by atoms with Crippen LogP contribution in [0, 0.1) is 5.92 Å². The van der Waals surface area contributed by atoms with Gasteiger partial charge in [0.25, 0.3) is 0 Å². The van der Waals surface area contributed by atoms with Crippen molar-refractivity contribution in [1.29, 1.82) is 0 Å². The number of rotatable bonds is 4. The molecule has 2 N–H and O–H groups in total. The van der Waals surface area contributed by atoms with Crippen LogP contribution >= 0.6 is 11.3 Å². The lowest BCUT2D eigenvalue weighted by atomic mass is 9.98. The summed E-state index contributed by atoms with van der Waals surface area (Å²) in [5.74, 6) is -0.378. The van der Waals surface area contributed by atoms with Crippen LogP contribution in [0.2, 0.25) is 0 Å². The zero-order chi connectivity index (χ0) is 18.4. The number of primary amides is 1. The number of hydrogen-bond donors (Lipinski definition) is 1. The standard InChI is InChI=1S/C17H23N3O3S2/c1-17(2,3)16-19-13-5-4-12(9-14(13)24-16)25(22,23)20-7-6-11(10-20)8-15(18)21/h4-5,9,11H,6-8,10H2,1-3H3,(H2,18,21). The Hall–Kier alpha value is -1.51. The molecule has 2 heterocycles. The Morgan fingerprint density at radius 2 is 2.12 bits per heavy atom. The maximum Gasteiger partial charge on any atom is 0.243 e. The Labute approximate surface area is 152 Å². The molecule has 2 aromatic rings. The highest BCUT2D eigenvalue weighted by molar-refractivity contribution is 7.89. The molecular weight excluding hydrogens is 358 g/mol. The third-order valence-electron chi connectivity index (χ3n) is 4.38. The van der Waals surface area contributed by atoms with Gasteiger partial charge in [-0.3, -0.25) is 4.79 Å². The average Bonchev–Trinajstić information content (AvgIpc) is 3.11. The van der Waals surface area contributed by atoms with E-state index in [1.807, 2.05) is 0 Å². The lowest BCUT2D eigenvalue weighted by molar-refractivity contribution is -0.118. The molecule has 1 saturated heterocycles. The van der Waals surface area contributed by atoms with Gasteiger partial charge in [0.2, 0.25) is 15.9 Å². The first kappa shape index (κ1) is 18.3. The number of amides is 1. The van der Waals surface area contributed by atoms with E-state index in [-0.39, 0.29) is 28.6 Å². The van der Waals surface area contributed by atoms with Crippen LogP contribution in [0.15, 0.2) is 23.1 Å². The Morgan fingerprint density at radius 3 is 2.76 bits per heavy atom. The van der Waals surface area contributed by atoms with Gasteiger partial charge in [0, 0.05) is 24.9 Å². The topological polar surface area (TPSA) is 93.4 Å². The molecule has 6 nitrogen and oxygen atoms in total. The van der Waals surface area contributed by atoms with Gasteiger partial charge in [-0.1, -0.05) is 20.8 Å². The molecule has 0 aliphatic carbocycles. The number of nitrogens with two attached hydrogens (primary N) is 1. The molecule has 3 rings (SSSR count). The molecule has 1 amide bonds. The van der Waals surface area contributed by atoms with Gasteiger partial charge in [0.15, 0.2) is 0 Å². The number of aromatic nitrogens is 1. The van der Waals surface area contributed by atoms with Crippen molar-refractivity contribution in [3.8, 4) is 0 Å². The van der Waals surface area contributed by atoms with Crippen molar-refractivity contribution in [2.24, 2.45) is 11.7 Å². The van der Waals surface area contributed by atoms with Crippen LogP contribution < -0.4 is 5.73 Å². The summed E-state index contributed by atoms with van der Waals surface area (Å²) in [5, 5.41) is 0.986. The zero-order valence-corrected chi connectivity index (χ0v) is 16.3. The minimum Gasteiger partial charge on any atom is -0.370 e. The second-order valence-corrected chi connectivity index (χ2v) is 10.6. The second kappa shape index (κ2) is 6.34. The monoisotopic (exact) mass is 381 g/mol. The molecule has 1 aliphatic heterocycles. The van der Waals surface area contributed by atoms with Crippen LogP contribution in [0.3, 0.4) is 0 Å². The van der Waals surface area contributed by atoms with E-state index in [9.17, 15) is 13.2 Å². The molecule has 8 heteroatoms. The molecule has 1 unspecified atom stereocenters. The van der Waals surface area contributed by atoms with Crippen LogP contribution in [0.25, 0.3) is 10.2 Å². The normalized spacial score (nSPS) is 19.6. The first-order valence-electron chi connectivity index (χ1n) is 8.27. The maximum atomic E-state index is 12.9. The Kier molecular flexibility index (Phi) is 4.63. The van der Waals surface area contributed by atoms with E-state index in [2.05, 4.69) is 25.8 Å². The summed E-state index contributed by atoms with van der Waals surface area (Å²) in [6, 6.07) is 5.09. The van der Waals surface area contributed by atoms with Crippen molar-refractivity contribution < 1.29 is 13.2 Å².